The zero-order chi connectivity index (χ0) is 15.0. The van der Waals surface area contributed by atoms with Crippen molar-refractivity contribution in [2.24, 2.45) is 0 Å². The molecule has 0 saturated carbocycles. The van der Waals surface area contributed by atoms with Crippen LogP contribution < -0.4 is 4.43 Å². The molecule has 0 heterocycles. The Labute approximate surface area is 129 Å². The van der Waals surface area contributed by atoms with Gasteiger partial charge in [0, 0.05) is 6.61 Å². The second-order valence-corrected chi connectivity index (χ2v) is 9.40. The largest absolute Gasteiger partial charge is 0.519 e. The molecule has 0 spiro atoms. The SMILES string of the molecule is CCCCCCCO[Si](C)(C)Oc1cc(C)ccc1Cl. The smallest absolute Gasteiger partial charge is 0.392 e. The number of aryl methyl sites for hydroxylation is 1. The lowest BCUT2D eigenvalue weighted by Crippen LogP contribution is -2.38. The molecule has 0 aromatic heterocycles. The van der Waals surface area contributed by atoms with E-state index < -0.39 is 8.56 Å². The summed E-state index contributed by atoms with van der Waals surface area (Å²) in [5.74, 6) is 0.745. The molecule has 1 aromatic rings. The molecular weight excluding hydrogens is 288 g/mol. The molecule has 0 aliphatic rings. The highest BCUT2D eigenvalue weighted by Crippen LogP contribution is 2.28. The number of hydrogen-bond donors (Lipinski definition) is 0. The van der Waals surface area contributed by atoms with Gasteiger partial charge >= 0.3 is 8.56 Å². The molecular formula is C16H27ClO2Si. The number of hydrogen-bond acceptors (Lipinski definition) is 2. The van der Waals surface area contributed by atoms with E-state index in [1.54, 1.807) is 0 Å². The Morgan fingerprint density at radius 3 is 2.50 bits per heavy atom. The highest BCUT2D eigenvalue weighted by atomic mass is 35.5. The summed E-state index contributed by atoms with van der Waals surface area (Å²) < 4.78 is 12.0. The Morgan fingerprint density at radius 2 is 1.80 bits per heavy atom. The Bertz CT molecular complexity index is 407. The average Bonchev–Trinajstić information content (AvgIpc) is 2.38. The third kappa shape index (κ3) is 6.78. The molecule has 1 aromatic carbocycles. The van der Waals surface area contributed by atoms with Crippen LogP contribution >= 0.6 is 11.6 Å². The lowest BCUT2D eigenvalue weighted by molar-refractivity contribution is 0.241. The van der Waals surface area contributed by atoms with Crippen LogP contribution in [0.3, 0.4) is 0 Å². The normalized spacial score (nSPS) is 11.7. The first-order valence-corrected chi connectivity index (χ1v) is 10.7. The maximum Gasteiger partial charge on any atom is 0.392 e. The summed E-state index contributed by atoms with van der Waals surface area (Å²) in [6, 6.07) is 5.83. The predicted molar refractivity (Wildman–Crippen MR) is 89.0 cm³/mol. The second kappa shape index (κ2) is 8.70. The van der Waals surface area contributed by atoms with E-state index in [1.165, 1.54) is 25.7 Å². The van der Waals surface area contributed by atoms with Gasteiger partial charge in [-0.05, 0) is 44.1 Å². The fraction of sp³-hybridized carbons (Fsp3) is 0.625. The monoisotopic (exact) mass is 314 g/mol. The van der Waals surface area contributed by atoms with Crippen LogP contribution in [-0.2, 0) is 4.43 Å². The molecule has 0 unspecified atom stereocenters. The summed E-state index contributed by atoms with van der Waals surface area (Å²) >= 11 is 6.16. The van der Waals surface area contributed by atoms with Crippen LogP contribution in [0.15, 0.2) is 18.2 Å². The van der Waals surface area contributed by atoms with Gasteiger partial charge in [0.15, 0.2) is 0 Å². The van der Waals surface area contributed by atoms with Gasteiger partial charge in [-0.3, -0.25) is 0 Å². The number of unbranched alkanes of at least 4 members (excludes halogenated alkanes) is 4. The Balaban J connectivity index is 2.38. The maximum absolute atomic E-state index is 6.16. The molecule has 0 aliphatic heterocycles. The minimum Gasteiger partial charge on any atom is -0.519 e. The fourth-order valence-corrected chi connectivity index (χ4v) is 3.62. The van der Waals surface area contributed by atoms with Crippen molar-refractivity contribution in [1.82, 2.24) is 0 Å². The van der Waals surface area contributed by atoms with Crippen molar-refractivity contribution in [3.63, 3.8) is 0 Å². The molecule has 0 amide bonds. The standard InChI is InChI=1S/C16H27ClO2Si/c1-5-6-7-8-9-12-18-20(3,4)19-16-13-14(2)10-11-15(16)17/h10-11,13H,5-9,12H2,1-4H3. The third-order valence-electron chi connectivity index (χ3n) is 3.14. The summed E-state index contributed by atoms with van der Waals surface area (Å²) in [4.78, 5) is 0. The van der Waals surface area contributed by atoms with Gasteiger partial charge in [0.05, 0.1) is 5.02 Å². The molecule has 114 valence electrons. The highest BCUT2D eigenvalue weighted by Gasteiger charge is 2.27. The first kappa shape index (κ1) is 17.5. The average molecular weight is 315 g/mol. The van der Waals surface area contributed by atoms with Crippen molar-refractivity contribution < 1.29 is 8.85 Å². The number of benzene rings is 1. The molecule has 0 saturated heterocycles. The van der Waals surface area contributed by atoms with Gasteiger partial charge in [-0.25, -0.2) is 0 Å². The van der Waals surface area contributed by atoms with E-state index in [0.717, 1.165) is 24.3 Å². The van der Waals surface area contributed by atoms with Crippen LogP contribution in [-0.4, -0.2) is 15.2 Å². The minimum atomic E-state index is -2.15. The molecule has 1 rings (SSSR count). The van der Waals surface area contributed by atoms with Gasteiger partial charge in [0.2, 0.25) is 0 Å². The van der Waals surface area contributed by atoms with Gasteiger partial charge in [-0.2, -0.15) is 0 Å². The maximum atomic E-state index is 6.16. The van der Waals surface area contributed by atoms with Crippen LogP contribution in [0, 0.1) is 6.92 Å². The number of halogens is 1. The zero-order valence-electron chi connectivity index (χ0n) is 13.2. The van der Waals surface area contributed by atoms with Crippen LogP contribution in [0.5, 0.6) is 5.75 Å². The zero-order valence-corrected chi connectivity index (χ0v) is 14.9. The Kier molecular flexibility index (Phi) is 7.63. The summed E-state index contributed by atoms with van der Waals surface area (Å²) in [6.45, 7) is 9.18. The highest BCUT2D eigenvalue weighted by molar-refractivity contribution is 6.65. The first-order valence-electron chi connectivity index (χ1n) is 7.54. The molecule has 0 N–H and O–H groups in total. The molecule has 0 radical (unpaired) electrons. The Morgan fingerprint density at radius 1 is 1.10 bits per heavy atom. The van der Waals surface area contributed by atoms with Gasteiger partial charge in [-0.15, -0.1) is 0 Å². The van der Waals surface area contributed by atoms with Crippen LogP contribution in [0.4, 0.5) is 0 Å². The second-order valence-electron chi connectivity index (χ2n) is 5.70. The van der Waals surface area contributed by atoms with Crippen LogP contribution in [0.1, 0.15) is 44.6 Å². The summed E-state index contributed by atoms with van der Waals surface area (Å²) in [5, 5.41) is 0.655. The quantitative estimate of drug-likeness (QED) is 0.429. The molecule has 0 bridgehead atoms. The molecule has 0 aliphatic carbocycles. The van der Waals surface area contributed by atoms with E-state index in [1.807, 2.05) is 25.1 Å². The Hall–Kier alpha value is -0.513. The van der Waals surface area contributed by atoms with E-state index >= 15 is 0 Å². The van der Waals surface area contributed by atoms with Crippen LogP contribution in [0.2, 0.25) is 18.1 Å². The third-order valence-corrected chi connectivity index (χ3v) is 5.06. The van der Waals surface area contributed by atoms with Crippen molar-refractivity contribution >= 4 is 20.2 Å². The predicted octanol–water partition coefficient (Wildman–Crippen LogP) is 5.72. The summed E-state index contributed by atoms with van der Waals surface area (Å²) in [6.07, 6.45) is 6.24. The lowest BCUT2D eigenvalue weighted by atomic mass is 10.2. The summed E-state index contributed by atoms with van der Waals surface area (Å²) in [5.41, 5.74) is 1.15. The first-order chi connectivity index (χ1) is 9.44. The van der Waals surface area contributed by atoms with Crippen molar-refractivity contribution in [1.29, 1.82) is 0 Å². The van der Waals surface area contributed by atoms with Gasteiger partial charge < -0.3 is 8.85 Å². The van der Waals surface area contributed by atoms with Gasteiger partial charge in [-0.1, -0.05) is 50.3 Å². The van der Waals surface area contributed by atoms with Gasteiger partial charge in [0.25, 0.3) is 0 Å². The molecule has 0 fully saturated rings. The van der Waals surface area contributed by atoms with E-state index in [-0.39, 0.29) is 0 Å². The van der Waals surface area contributed by atoms with Crippen LogP contribution in [0.25, 0.3) is 0 Å². The molecule has 2 nitrogen and oxygen atoms in total. The van der Waals surface area contributed by atoms with Crippen molar-refractivity contribution in [2.75, 3.05) is 6.61 Å². The van der Waals surface area contributed by atoms with Gasteiger partial charge in [0.1, 0.15) is 5.75 Å². The molecule has 4 heteroatoms. The minimum absolute atomic E-state index is 0.655. The summed E-state index contributed by atoms with van der Waals surface area (Å²) in [7, 11) is -2.15. The van der Waals surface area contributed by atoms with E-state index in [0.29, 0.717) is 5.02 Å². The van der Waals surface area contributed by atoms with E-state index in [2.05, 4.69) is 20.0 Å². The fourth-order valence-electron chi connectivity index (χ4n) is 2.01. The van der Waals surface area contributed by atoms with E-state index in [9.17, 15) is 0 Å². The number of rotatable bonds is 9. The van der Waals surface area contributed by atoms with E-state index in [4.69, 9.17) is 20.5 Å². The molecule has 0 atom stereocenters. The lowest BCUT2D eigenvalue weighted by Gasteiger charge is -2.24. The molecule has 20 heavy (non-hydrogen) atoms. The van der Waals surface area contributed by atoms with Crippen molar-refractivity contribution in [2.45, 2.75) is 59.0 Å². The van der Waals surface area contributed by atoms with Crippen molar-refractivity contribution in [3.05, 3.63) is 28.8 Å². The van der Waals surface area contributed by atoms with Crippen molar-refractivity contribution in [3.8, 4) is 5.75 Å². The topological polar surface area (TPSA) is 18.5 Å².